The van der Waals surface area contributed by atoms with Crippen molar-refractivity contribution in [2.75, 3.05) is 11.5 Å². The summed E-state index contributed by atoms with van der Waals surface area (Å²) in [5.41, 5.74) is 0. The molecule has 3 unspecified atom stereocenters. The fraction of sp³-hybridized carbons (Fsp3) is 0.900. The van der Waals surface area contributed by atoms with E-state index in [2.05, 4.69) is 5.32 Å². The number of rotatable bonds is 3. The molecule has 0 amide bonds. The highest BCUT2D eigenvalue weighted by Crippen LogP contribution is 2.29. The molecule has 1 saturated heterocycles. The van der Waals surface area contributed by atoms with Crippen molar-refractivity contribution >= 4 is 17.7 Å². The molecule has 0 radical (unpaired) electrons. The lowest BCUT2D eigenvalue weighted by atomic mass is 9.79. The fourth-order valence-corrected chi connectivity index (χ4v) is 3.25. The van der Waals surface area contributed by atoms with Crippen molar-refractivity contribution in [3.05, 3.63) is 0 Å². The molecule has 3 nitrogen and oxygen atoms in total. The van der Waals surface area contributed by atoms with Crippen molar-refractivity contribution in [3.63, 3.8) is 0 Å². The number of nitrogens with one attached hydrogen (secondary N) is 1. The number of aliphatic carboxylic acids is 1. The first-order valence-corrected chi connectivity index (χ1v) is 6.49. The first-order valence-electron chi connectivity index (χ1n) is 5.34. The number of hydrogen-bond donors (Lipinski definition) is 2. The summed E-state index contributed by atoms with van der Waals surface area (Å²) < 4.78 is 0. The van der Waals surface area contributed by atoms with Gasteiger partial charge in [0.05, 0.1) is 5.92 Å². The lowest BCUT2D eigenvalue weighted by Crippen LogP contribution is -2.52. The number of carboxylic acid groups (broad SMARTS) is 1. The molecular weight excluding hydrogens is 198 g/mol. The second-order valence-corrected chi connectivity index (χ2v) is 5.36. The van der Waals surface area contributed by atoms with Gasteiger partial charge in [-0.1, -0.05) is 0 Å². The molecule has 1 aliphatic heterocycles. The van der Waals surface area contributed by atoms with E-state index in [4.69, 9.17) is 5.11 Å². The standard InChI is InChI=1S/C10H17NO2S/c12-10(13)8-3-4-9(8)11-7-2-1-5-14-6-7/h7-9,11H,1-6H2,(H,12,13). The van der Waals surface area contributed by atoms with Crippen LogP contribution in [-0.4, -0.2) is 34.7 Å². The normalized spacial score (nSPS) is 37.6. The Morgan fingerprint density at radius 1 is 1.36 bits per heavy atom. The van der Waals surface area contributed by atoms with E-state index in [-0.39, 0.29) is 12.0 Å². The summed E-state index contributed by atoms with van der Waals surface area (Å²) in [4.78, 5) is 10.8. The molecule has 0 aromatic rings. The van der Waals surface area contributed by atoms with Gasteiger partial charge in [-0.25, -0.2) is 0 Å². The molecule has 1 aliphatic carbocycles. The Kier molecular flexibility index (Phi) is 3.34. The summed E-state index contributed by atoms with van der Waals surface area (Å²) in [5, 5.41) is 12.4. The van der Waals surface area contributed by atoms with Gasteiger partial charge in [0.2, 0.25) is 0 Å². The lowest BCUT2D eigenvalue weighted by Gasteiger charge is -2.38. The second kappa shape index (κ2) is 4.53. The van der Waals surface area contributed by atoms with Crippen molar-refractivity contribution in [1.82, 2.24) is 5.32 Å². The minimum absolute atomic E-state index is 0.123. The Bertz CT molecular complexity index is 216. The van der Waals surface area contributed by atoms with Gasteiger partial charge in [-0.05, 0) is 31.4 Å². The Labute approximate surface area is 88.6 Å². The Hall–Kier alpha value is -0.220. The molecule has 1 heterocycles. The summed E-state index contributed by atoms with van der Waals surface area (Å²) in [7, 11) is 0. The monoisotopic (exact) mass is 215 g/mol. The second-order valence-electron chi connectivity index (χ2n) is 4.21. The number of hydrogen-bond acceptors (Lipinski definition) is 3. The molecule has 2 rings (SSSR count). The van der Waals surface area contributed by atoms with Gasteiger partial charge in [-0.15, -0.1) is 0 Å². The molecule has 80 valence electrons. The van der Waals surface area contributed by atoms with Gasteiger partial charge in [0.15, 0.2) is 0 Å². The molecule has 0 aromatic heterocycles. The van der Waals surface area contributed by atoms with Crippen molar-refractivity contribution in [3.8, 4) is 0 Å². The van der Waals surface area contributed by atoms with Crippen LogP contribution in [0.5, 0.6) is 0 Å². The van der Waals surface area contributed by atoms with E-state index in [1.807, 2.05) is 11.8 Å². The van der Waals surface area contributed by atoms with Crippen LogP contribution < -0.4 is 5.32 Å². The summed E-state index contributed by atoms with van der Waals surface area (Å²) in [6.45, 7) is 0. The summed E-state index contributed by atoms with van der Waals surface area (Å²) >= 11 is 1.98. The molecule has 0 bridgehead atoms. The van der Waals surface area contributed by atoms with Crippen LogP contribution in [0.15, 0.2) is 0 Å². The highest BCUT2D eigenvalue weighted by Gasteiger charge is 2.37. The van der Waals surface area contributed by atoms with Crippen molar-refractivity contribution < 1.29 is 9.90 Å². The average Bonchev–Trinajstić information content (AvgIpc) is 2.13. The molecule has 2 fully saturated rings. The van der Waals surface area contributed by atoms with Gasteiger partial charge in [-0.3, -0.25) is 4.79 Å². The van der Waals surface area contributed by atoms with Crippen LogP contribution in [0.3, 0.4) is 0 Å². The largest absolute Gasteiger partial charge is 0.481 e. The van der Waals surface area contributed by atoms with Crippen LogP contribution >= 0.6 is 11.8 Å². The highest BCUT2D eigenvalue weighted by atomic mass is 32.2. The molecule has 0 aromatic carbocycles. The van der Waals surface area contributed by atoms with Crippen LogP contribution in [0, 0.1) is 5.92 Å². The van der Waals surface area contributed by atoms with Gasteiger partial charge in [0.1, 0.15) is 0 Å². The molecule has 14 heavy (non-hydrogen) atoms. The predicted octanol–water partition coefficient (Wildman–Crippen LogP) is 1.33. The van der Waals surface area contributed by atoms with Gasteiger partial charge in [0.25, 0.3) is 0 Å². The summed E-state index contributed by atoms with van der Waals surface area (Å²) in [5.74, 6) is 1.67. The van der Waals surface area contributed by atoms with E-state index in [1.54, 1.807) is 0 Å². The van der Waals surface area contributed by atoms with Crippen LogP contribution in [0.4, 0.5) is 0 Å². The zero-order valence-corrected chi connectivity index (χ0v) is 9.05. The van der Waals surface area contributed by atoms with E-state index in [9.17, 15) is 4.79 Å². The molecule has 3 atom stereocenters. The molecule has 4 heteroatoms. The SMILES string of the molecule is O=C(O)C1CCC1NC1CCCSC1. The van der Waals surface area contributed by atoms with Crippen molar-refractivity contribution in [1.29, 1.82) is 0 Å². The molecule has 2 aliphatic rings. The van der Waals surface area contributed by atoms with E-state index >= 15 is 0 Å². The quantitative estimate of drug-likeness (QED) is 0.746. The lowest BCUT2D eigenvalue weighted by molar-refractivity contribution is -0.146. The number of carboxylic acids is 1. The van der Waals surface area contributed by atoms with E-state index in [0.717, 1.165) is 18.6 Å². The van der Waals surface area contributed by atoms with Crippen molar-refractivity contribution in [2.24, 2.45) is 5.92 Å². The van der Waals surface area contributed by atoms with E-state index < -0.39 is 5.97 Å². The zero-order chi connectivity index (χ0) is 9.97. The predicted molar refractivity (Wildman–Crippen MR) is 57.6 cm³/mol. The zero-order valence-electron chi connectivity index (χ0n) is 8.24. The van der Waals surface area contributed by atoms with Crippen LogP contribution in [-0.2, 0) is 4.79 Å². The first-order chi connectivity index (χ1) is 6.77. The van der Waals surface area contributed by atoms with E-state index in [1.165, 1.54) is 18.6 Å². The number of thioether (sulfide) groups is 1. The molecular formula is C10H17NO2S. The Morgan fingerprint density at radius 2 is 2.21 bits per heavy atom. The average molecular weight is 215 g/mol. The topological polar surface area (TPSA) is 49.3 Å². The smallest absolute Gasteiger partial charge is 0.308 e. The first kappa shape index (κ1) is 10.3. The summed E-state index contributed by atoms with van der Waals surface area (Å²) in [6.07, 6.45) is 4.38. The maximum Gasteiger partial charge on any atom is 0.308 e. The Balaban J connectivity index is 1.76. The van der Waals surface area contributed by atoms with Crippen LogP contribution in [0.2, 0.25) is 0 Å². The minimum atomic E-state index is -0.628. The third-order valence-corrected chi connectivity index (χ3v) is 4.42. The van der Waals surface area contributed by atoms with Gasteiger partial charge in [0, 0.05) is 17.8 Å². The Morgan fingerprint density at radius 3 is 2.71 bits per heavy atom. The van der Waals surface area contributed by atoms with E-state index in [0.29, 0.717) is 6.04 Å². The molecule has 2 N–H and O–H groups in total. The maximum atomic E-state index is 10.8. The summed E-state index contributed by atoms with van der Waals surface area (Å²) in [6, 6.07) is 0.803. The van der Waals surface area contributed by atoms with Gasteiger partial charge >= 0.3 is 5.97 Å². The van der Waals surface area contributed by atoms with Crippen LogP contribution in [0.1, 0.15) is 25.7 Å². The number of carbonyl (C=O) groups is 1. The fourth-order valence-electron chi connectivity index (χ4n) is 2.17. The highest BCUT2D eigenvalue weighted by molar-refractivity contribution is 7.99. The molecule has 1 saturated carbocycles. The third-order valence-electron chi connectivity index (χ3n) is 3.20. The minimum Gasteiger partial charge on any atom is -0.481 e. The molecule has 0 spiro atoms. The van der Waals surface area contributed by atoms with Crippen molar-refractivity contribution in [2.45, 2.75) is 37.8 Å². The maximum absolute atomic E-state index is 10.8. The van der Waals surface area contributed by atoms with Gasteiger partial charge < -0.3 is 10.4 Å². The van der Waals surface area contributed by atoms with Crippen LogP contribution in [0.25, 0.3) is 0 Å². The van der Waals surface area contributed by atoms with Gasteiger partial charge in [-0.2, -0.15) is 11.8 Å². The third kappa shape index (κ3) is 2.23.